The molecule has 2 heteroatoms. The quantitative estimate of drug-likeness (QED) is 0.858. The predicted molar refractivity (Wildman–Crippen MR) is 67.7 cm³/mol. The summed E-state index contributed by atoms with van der Waals surface area (Å²) < 4.78 is 0. The summed E-state index contributed by atoms with van der Waals surface area (Å²) in [6, 6.07) is 16.0. The molecule has 0 fully saturated rings. The van der Waals surface area contributed by atoms with Crippen molar-refractivity contribution in [2.75, 3.05) is 6.61 Å². The molecule has 0 saturated carbocycles. The number of hydrogen-bond donors (Lipinski definition) is 1. The van der Waals surface area contributed by atoms with Crippen molar-refractivity contribution < 1.29 is 5.11 Å². The smallest absolute Gasteiger partial charge is 0.0471 e. The Bertz CT molecular complexity index is 462. The lowest BCUT2D eigenvalue weighted by atomic mass is 10.0. The first kappa shape index (κ1) is 11.2. The molecule has 16 heavy (non-hydrogen) atoms. The molecule has 0 heterocycles. The van der Waals surface area contributed by atoms with Gasteiger partial charge in [-0.1, -0.05) is 48.0 Å². The van der Waals surface area contributed by atoms with E-state index in [1.54, 1.807) is 0 Å². The second-order valence-electron chi connectivity index (χ2n) is 3.68. The second kappa shape index (κ2) is 5.15. The Hall–Kier alpha value is -1.31. The maximum atomic E-state index is 8.82. The summed E-state index contributed by atoms with van der Waals surface area (Å²) in [7, 11) is 0. The van der Waals surface area contributed by atoms with Gasteiger partial charge in [-0.3, -0.25) is 0 Å². The Morgan fingerprint density at radius 1 is 0.938 bits per heavy atom. The fraction of sp³-hybridized carbons (Fsp3) is 0.143. The lowest BCUT2D eigenvalue weighted by molar-refractivity contribution is 0.299. The van der Waals surface area contributed by atoms with Crippen LogP contribution >= 0.6 is 11.6 Å². The normalized spacial score (nSPS) is 10.4. The lowest BCUT2D eigenvalue weighted by Crippen LogP contribution is -1.89. The average Bonchev–Trinajstić information content (AvgIpc) is 2.30. The predicted octanol–water partition coefficient (Wildman–Crippen LogP) is 3.54. The highest BCUT2D eigenvalue weighted by Gasteiger charge is 1.98. The van der Waals surface area contributed by atoms with Crippen LogP contribution in [0.15, 0.2) is 48.5 Å². The molecule has 0 radical (unpaired) electrons. The van der Waals surface area contributed by atoms with E-state index < -0.39 is 0 Å². The van der Waals surface area contributed by atoms with Gasteiger partial charge in [0.15, 0.2) is 0 Å². The van der Waals surface area contributed by atoms with E-state index in [9.17, 15) is 0 Å². The molecule has 1 nitrogen and oxygen atoms in total. The van der Waals surface area contributed by atoms with Crippen LogP contribution in [0.5, 0.6) is 0 Å². The zero-order valence-corrected chi connectivity index (χ0v) is 9.61. The molecule has 0 atom stereocenters. The molecule has 2 aromatic rings. The molecule has 0 amide bonds. The van der Waals surface area contributed by atoms with Crippen molar-refractivity contribution in [2.45, 2.75) is 6.42 Å². The van der Waals surface area contributed by atoms with Crippen LogP contribution in [0.2, 0.25) is 5.02 Å². The first-order valence-corrected chi connectivity index (χ1v) is 5.63. The van der Waals surface area contributed by atoms with Crippen LogP contribution in [0, 0.1) is 0 Å². The van der Waals surface area contributed by atoms with E-state index in [2.05, 4.69) is 12.1 Å². The van der Waals surface area contributed by atoms with Crippen LogP contribution in [0.4, 0.5) is 0 Å². The van der Waals surface area contributed by atoms with E-state index in [1.165, 1.54) is 0 Å². The lowest BCUT2D eigenvalue weighted by Gasteiger charge is -2.04. The molecule has 2 rings (SSSR count). The third-order valence-electron chi connectivity index (χ3n) is 2.51. The highest BCUT2D eigenvalue weighted by Crippen LogP contribution is 2.22. The minimum atomic E-state index is 0.191. The van der Waals surface area contributed by atoms with Crippen LogP contribution < -0.4 is 0 Å². The molecular weight excluding hydrogens is 220 g/mol. The second-order valence-corrected chi connectivity index (χ2v) is 4.12. The molecule has 0 aliphatic rings. The Balaban J connectivity index is 2.27. The van der Waals surface area contributed by atoms with Crippen molar-refractivity contribution in [3.8, 4) is 11.1 Å². The van der Waals surface area contributed by atoms with E-state index in [4.69, 9.17) is 16.7 Å². The Morgan fingerprint density at radius 3 is 2.31 bits per heavy atom. The molecule has 82 valence electrons. The highest BCUT2D eigenvalue weighted by atomic mass is 35.5. The van der Waals surface area contributed by atoms with Gasteiger partial charge in [0.05, 0.1) is 0 Å². The van der Waals surface area contributed by atoms with Gasteiger partial charge >= 0.3 is 0 Å². The summed E-state index contributed by atoms with van der Waals surface area (Å²) >= 11 is 5.94. The molecular formula is C14H13ClO. The summed E-state index contributed by atoms with van der Waals surface area (Å²) in [6.07, 6.45) is 0.704. The highest BCUT2D eigenvalue weighted by molar-refractivity contribution is 6.30. The van der Waals surface area contributed by atoms with Gasteiger partial charge in [-0.2, -0.15) is 0 Å². The third kappa shape index (κ3) is 2.63. The van der Waals surface area contributed by atoms with Gasteiger partial charge < -0.3 is 5.11 Å². The number of benzene rings is 2. The van der Waals surface area contributed by atoms with Crippen molar-refractivity contribution in [1.82, 2.24) is 0 Å². The molecule has 0 aromatic heterocycles. The minimum absolute atomic E-state index is 0.191. The van der Waals surface area contributed by atoms with Gasteiger partial charge in [-0.15, -0.1) is 0 Å². The first-order valence-electron chi connectivity index (χ1n) is 5.25. The SMILES string of the molecule is OCCc1ccc(-c2cccc(Cl)c2)cc1. The maximum absolute atomic E-state index is 8.82. The van der Waals surface area contributed by atoms with Crippen molar-refractivity contribution in [3.63, 3.8) is 0 Å². The number of hydrogen-bond acceptors (Lipinski definition) is 1. The molecule has 0 saturated heterocycles. The van der Waals surface area contributed by atoms with Crippen molar-refractivity contribution in [3.05, 3.63) is 59.1 Å². The van der Waals surface area contributed by atoms with Gasteiger partial charge in [0.2, 0.25) is 0 Å². The zero-order valence-electron chi connectivity index (χ0n) is 8.86. The molecule has 1 N–H and O–H groups in total. The zero-order chi connectivity index (χ0) is 11.4. The van der Waals surface area contributed by atoms with E-state index in [0.717, 1.165) is 21.7 Å². The molecule has 0 aliphatic heterocycles. The monoisotopic (exact) mass is 232 g/mol. The maximum Gasteiger partial charge on any atom is 0.0471 e. The van der Waals surface area contributed by atoms with Crippen LogP contribution in [0.1, 0.15) is 5.56 Å². The summed E-state index contributed by atoms with van der Waals surface area (Å²) in [5.41, 5.74) is 3.40. The number of aliphatic hydroxyl groups is 1. The first-order chi connectivity index (χ1) is 7.79. The Kier molecular flexibility index (Phi) is 3.60. The number of halogens is 1. The topological polar surface area (TPSA) is 20.2 Å². The largest absolute Gasteiger partial charge is 0.396 e. The summed E-state index contributed by atoms with van der Waals surface area (Å²) in [5.74, 6) is 0. The summed E-state index contributed by atoms with van der Waals surface area (Å²) in [6.45, 7) is 0.191. The Labute approximate surface area is 100 Å². The minimum Gasteiger partial charge on any atom is -0.396 e. The van der Waals surface area contributed by atoms with Gasteiger partial charge in [0.25, 0.3) is 0 Å². The molecule has 0 aliphatic carbocycles. The Morgan fingerprint density at radius 2 is 1.69 bits per heavy atom. The van der Waals surface area contributed by atoms with Crippen LogP contribution in [0.3, 0.4) is 0 Å². The van der Waals surface area contributed by atoms with Gasteiger partial charge in [0.1, 0.15) is 0 Å². The average molecular weight is 233 g/mol. The fourth-order valence-electron chi connectivity index (χ4n) is 1.66. The van der Waals surface area contributed by atoms with Crippen molar-refractivity contribution in [2.24, 2.45) is 0 Å². The van der Waals surface area contributed by atoms with Gasteiger partial charge in [-0.05, 0) is 35.2 Å². The van der Waals surface area contributed by atoms with Crippen LogP contribution in [0.25, 0.3) is 11.1 Å². The standard InChI is InChI=1S/C14H13ClO/c15-14-3-1-2-13(10-14)12-6-4-11(5-7-12)8-9-16/h1-7,10,16H,8-9H2. The molecule has 0 spiro atoms. The molecule has 2 aromatic carbocycles. The van der Waals surface area contributed by atoms with E-state index in [-0.39, 0.29) is 6.61 Å². The van der Waals surface area contributed by atoms with Crippen molar-refractivity contribution in [1.29, 1.82) is 0 Å². The van der Waals surface area contributed by atoms with Crippen LogP contribution in [-0.2, 0) is 6.42 Å². The number of aliphatic hydroxyl groups excluding tert-OH is 1. The van der Waals surface area contributed by atoms with Gasteiger partial charge in [0, 0.05) is 11.6 Å². The fourth-order valence-corrected chi connectivity index (χ4v) is 1.85. The van der Waals surface area contributed by atoms with E-state index in [0.29, 0.717) is 6.42 Å². The number of rotatable bonds is 3. The van der Waals surface area contributed by atoms with Crippen LogP contribution in [-0.4, -0.2) is 11.7 Å². The van der Waals surface area contributed by atoms with E-state index in [1.807, 2.05) is 36.4 Å². The molecule has 0 unspecified atom stereocenters. The van der Waals surface area contributed by atoms with Crippen molar-refractivity contribution >= 4 is 11.6 Å². The third-order valence-corrected chi connectivity index (χ3v) is 2.75. The molecule has 0 bridgehead atoms. The van der Waals surface area contributed by atoms with E-state index >= 15 is 0 Å². The summed E-state index contributed by atoms with van der Waals surface area (Å²) in [4.78, 5) is 0. The summed E-state index contributed by atoms with van der Waals surface area (Å²) in [5, 5.41) is 9.57. The van der Waals surface area contributed by atoms with Gasteiger partial charge in [-0.25, -0.2) is 0 Å².